The number of ether oxygens (including phenoxy) is 1. The van der Waals surface area contributed by atoms with Gasteiger partial charge in [-0.25, -0.2) is 0 Å². The molecule has 0 bridgehead atoms. The highest BCUT2D eigenvalue weighted by Gasteiger charge is 2.31. The van der Waals surface area contributed by atoms with E-state index in [1.54, 1.807) is 7.11 Å². The Morgan fingerprint density at radius 2 is 2.08 bits per heavy atom. The van der Waals surface area contributed by atoms with Gasteiger partial charge in [-0.05, 0) is 44.7 Å². The van der Waals surface area contributed by atoms with Crippen molar-refractivity contribution >= 4 is 5.96 Å². The third kappa shape index (κ3) is 5.63. The second-order valence-corrected chi connectivity index (χ2v) is 7.10. The van der Waals surface area contributed by atoms with E-state index in [1.165, 1.54) is 5.56 Å². The van der Waals surface area contributed by atoms with Crippen LogP contribution < -0.4 is 15.4 Å². The molecule has 1 aromatic carbocycles. The van der Waals surface area contributed by atoms with Crippen LogP contribution in [0.4, 0.5) is 0 Å². The van der Waals surface area contributed by atoms with E-state index in [9.17, 15) is 0 Å². The Hall–Kier alpha value is -1.75. The molecular weight excluding hydrogens is 312 g/mol. The van der Waals surface area contributed by atoms with Gasteiger partial charge in [0.05, 0.1) is 7.11 Å². The maximum Gasteiger partial charge on any atom is 0.191 e. The van der Waals surface area contributed by atoms with E-state index in [-0.39, 0.29) is 0 Å². The van der Waals surface area contributed by atoms with Crippen LogP contribution in [0.15, 0.2) is 29.3 Å². The Morgan fingerprint density at radius 1 is 1.32 bits per heavy atom. The molecule has 2 atom stereocenters. The summed E-state index contributed by atoms with van der Waals surface area (Å²) in [6, 6.07) is 9.20. The number of methoxy groups -OCH3 is 1. The molecule has 0 aliphatic carbocycles. The molecule has 25 heavy (non-hydrogen) atoms. The van der Waals surface area contributed by atoms with Gasteiger partial charge < -0.3 is 15.4 Å². The minimum atomic E-state index is 0.450. The summed E-state index contributed by atoms with van der Waals surface area (Å²) >= 11 is 0. The van der Waals surface area contributed by atoms with Crippen molar-refractivity contribution in [3.63, 3.8) is 0 Å². The highest BCUT2D eigenvalue weighted by Crippen LogP contribution is 2.19. The molecule has 1 aromatic rings. The Labute approximate surface area is 152 Å². The first-order valence-electron chi connectivity index (χ1n) is 9.45. The predicted molar refractivity (Wildman–Crippen MR) is 105 cm³/mol. The zero-order chi connectivity index (χ0) is 18.2. The average Bonchev–Trinajstić information content (AvgIpc) is 2.96. The second kappa shape index (κ2) is 9.66. The molecule has 0 radical (unpaired) electrons. The minimum Gasteiger partial charge on any atom is -0.496 e. The molecule has 5 heteroatoms. The maximum atomic E-state index is 5.42. The summed E-state index contributed by atoms with van der Waals surface area (Å²) < 4.78 is 5.42. The molecule has 1 aliphatic rings. The SMILES string of the molecule is CCNC(=NCCc1ccccc1OC)NC1CN(C(C)C)CC1C. The Kier molecular flexibility index (Phi) is 7.56. The van der Waals surface area contributed by atoms with Crippen LogP contribution in [-0.4, -0.2) is 56.2 Å². The van der Waals surface area contributed by atoms with E-state index in [0.29, 0.717) is 18.0 Å². The van der Waals surface area contributed by atoms with Crippen LogP contribution in [-0.2, 0) is 6.42 Å². The predicted octanol–water partition coefficient (Wildman–Crippen LogP) is 2.52. The average molecular weight is 347 g/mol. The summed E-state index contributed by atoms with van der Waals surface area (Å²) in [5.41, 5.74) is 1.20. The van der Waals surface area contributed by atoms with Crippen molar-refractivity contribution in [2.24, 2.45) is 10.9 Å². The smallest absolute Gasteiger partial charge is 0.191 e. The van der Waals surface area contributed by atoms with Crippen LogP contribution in [0.3, 0.4) is 0 Å². The molecule has 1 saturated heterocycles. The van der Waals surface area contributed by atoms with Gasteiger partial charge in [0, 0.05) is 38.3 Å². The Morgan fingerprint density at radius 3 is 2.72 bits per heavy atom. The molecule has 0 aromatic heterocycles. The highest BCUT2D eigenvalue weighted by molar-refractivity contribution is 5.80. The number of nitrogens with zero attached hydrogens (tertiary/aromatic N) is 2. The van der Waals surface area contributed by atoms with E-state index in [4.69, 9.17) is 9.73 Å². The van der Waals surface area contributed by atoms with Crippen LogP contribution in [0.1, 0.15) is 33.3 Å². The molecule has 0 amide bonds. The molecule has 1 aliphatic heterocycles. The number of rotatable bonds is 7. The number of benzene rings is 1. The van der Waals surface area contributed by atoms with Gasteiger partial charge in [0.15, 0.2) is 5.96 Å². The van der Waals surface area contributed by atoms with Gasteiger partial charge in [0.25, 0.3) is 0 Å². The number of para-hydroxylation sites is 1. The summed E-state index contributed by atoms with van der Waals surface area (Å²) in [6.45, 7) is 12.8. The van der Waals surface area contributed by atoms with Crippen molar-refractivity contribution in [2.75, 3.05) is 33.3 Å². The van der Waals surface area contributed by atoms with E-state index >= 15 is 0 Å². The summed E-state index contributed by atoms with van der Waals surface area (Å²) in [4.78, 5) is 7.30. The normalized spacial score (nSPS) is 21.6. The standard InChI is InChI=1S/C20H34N4O/c1-6-21-20(23-18-14-24(15(2)3)13-16(18)4)22-12-11-17-9-7-8-10-19(17)25-5/h7-10,15-16,18H,6,11-14H2,1-5H3,(H2,21,22,23). The van der Waals surface area contributed by atoms with Crippen molar-refractivity contribution in [2.45, 2.75) is 46.2 Å². The quantitative estimate of drug-likeness (QED) is 0.588. The fourth-order valence-electron chi connectivity index (χ4n) is 3.31. The van der Waals surface area contributed by atoms with Gasteiger partial charge in [-0.3, -0.25) is 9.89 Å². The number of guanidine groups is 1. The number of nitrogens with one attached hydrogen (secondary N) is 2. The molecule has 2 unspecified atom stereocenters. The van der Waals surface area contributed by atoms with Crippen LogP contribution >= 0.6 is 0 Å². The van der Waals surface area contributed by atoms with Crippen molar-refractivity contribution in [1.29, 1.82) is 0 Å². The summed E-state index contributed by atoms with van der Waals surface area (Å²) in [7, 11) is 1.72. The maximum absolute atomic E-state index is 5.42. The Bertz CT molecular complexity index is 558. The number of aliphatic imine (C=N–C) groups is 1. The van der Waals surface area contributed by atoms with Gasteiger partial charge in [0.2, 0.25) is 0 Å². The largest absolute Gasteiger partial charge is 0.496 e. The summed E-state index contributed by atoms with van der Waals surface area (Å²) in [5, 5.41) is 7.01. The van der Waals surface area contributed by atoms with Crippen molar-refractivity contribution in [3.05, 3.63) is 29.8 Å². The van der Waals surface area contributed by atoms with Crippen LogP contribution in [0, 0.1) is 5.92 Å². The van der Waals surface area contributed by atoms with E-state index in [0.717, 1.165) is 44.3 Å². The van der Waals surface area contributed by atoms with E-state index < -0.39 is 0 Å². The number of hydrogen-bond donors (Lipinski definition) is 2. The molecule has 2 rings (SSSR count). The lowest BCUT2D eigenvalue weighted by atomic mass is 10.1. The second-order valence-electron chi connectivity index (χ2n) is 7.10. The lowest BCUT2D eigenvalue weighted by Gasteiger charge is -2.22. The lowest BCUT2D eigenvalue weighted by molar-refractivity contribution is 0.265. The molecule has 1 heterocycles. The molecule has 140 valence electrons. The number of likely N-dealkylation sites (tertiary alicyclic amines) is 1. The first-order valence-corrected chi connectivity index (χ1v) is 9.45. The van der Waals surface area contributed by atoms with E-state index in [1.807, 2.05) is 18.2 Å². The third-order valence-corrected chi connectivity index (χ3v) is 4.88. The van der Waals surface area contributed by atoms with Crippen molar-refractivity contribution < 1.29 is 4.74 Å². The zero-order valence-electron chi connectivity index (χ0n) is 16.4. The highest BCUT2D eigenvalue weighted by atomic mass is 16.5. The van der Waals surface area contributed by atoms with Gasteiger partial charge in [-0.1, -0.05) is 25.1 Å². The van der Waals surface area contributed by atoms with E-state index in [2.05, 4.69) is 49.3 Å². The summed E-state index contributed by atoms with van der Waals surface area (Å²) in [5.74, 6) is 2.48. The zero-order valence-corrected chi connectivity index (χ0v) is 16.4. The van der Waals surface area contributed by atoms with Crippen molar-refractivity contribution in [3.8, 4) is 5.75 Å². The molecule has 5 nitrogen and oxygen atoms in total. The minimum absolute atomic E-state index is 0.450. The topological polar surface area (TPSA) is 48.9 Å². The first kappa shape index (κ1) is 19.6. The third-order valence-electron chi connectivity index (χ3n) is 4.88. The fraction of sp³-hybridized carbons (Fsp3) is 0.650. The van der Waals surface area contributed by atoms with Gasteiger partial charge in [0.1, 0.15) is 5.75 Å². The Balaban J connectivity index is 1.94. The van der Waals surface area contributed by atoms with Crippen molar-refractivity contribution in [1.82, 2.24) is 15.5 Å². The lowest BCUT2D eigenvalue weighted by Crippen LogP contribution is -2.47. The molecule has 2 N–H and O–H groups in total. The summed E-state index contributed by atoms with van der Waals surface area (Å²) in [6.07, 6.45) is 0.874. The first-order chi connectivity index (χ1) is 12.0. The molecule has 0 spiro atoms. The molecular formula is C20H34N4O. The molecule has 1 fully saturated rings. The van der Waals surface area contributed by atoms with Gasteiger partial charge in [-0.15, -0.1) is 0 Å². The molecule has 0 saturated carbocycles. The monoisotopic (exact) mass is 346 g/mol. The number of hydrogen-bond acceptors (Lipinski definition) is 3. The fourth-order valence-corrected chi connectivity index (χ4v) is 3.31. The van der Waals surface area contributed by atoms with Gasteiger partial charge >= 0.3 is 0 Å². The van der Waals surface area contributed by atoms with Gasteiger partial charge in [-0.2, -0.15) is 0 Å². The van der Waals surface area contributed by atoms with Crippen LogP contribution in [0.25, 0.3) is 0 Å². The van der Waals surface area contributed by atoms with Crippen LogP contribution in [0.2, 0.25) is 0 Å². The van der Waals surface area contributed by atoms with Crippen LogP contribution in [0.5, 0.6) is 5.75 Å².